The number of carbonyl (C=O) groups is 1. The van der Waals surface area contributed by atoms with Crippen molar-refractivity contribution in [3.05, 3.63) is 59.8 Å². The van der Waals surface area contributed by atoms with Gasteiger partial charge in [0.1, 0.15) is 12.4 Å². The molecule has 0 atom stereocenters. The third-order valence-corrected chi connectivity index (χ3v) is 2.68. The van der Waals surface area contributed by atoms with E-state index in [4.69, 9.17) is 4.74 Å². The van der Waals surface area contributed by atoms with E-state index in [0.29, 0.717) is 5.82 Å². The molecule has 4 heteroatoms. The molecule has 1 amide bonds. The lowest BCUT2D eigenvalue weighted by atomic mass is 10.2. The zero-order valence-electron chi connectivity index (χ0n) is 10.8. The number of nitrogens with zero attached hydrogens (tertiary/aromatic N) is 1. The van der Waals surface area contributed by atoms with Crippen LogP contribution in [0, 0.1) is 0 Å². The second kappa shape index (κ2) is 6.54. The van der Waals surface area contributed by atoms with Gasteiger partial charge < -0.3 is 4.74 Å². The molecule has 0 bridgehead atoms. The van der Waals surface area contributed by atoms with Crippen LogP contribution in [0.5, 0.6) is 0 Å². The number of rotatable bonds is 4. The highest BCUT2D eigenvalue weighted by Crippen LogP contribution is 2.08. The third-order valence-electron chi connectivity index (χ3n) is 2.68. The van der Waals surface area contributed by atoms with Gasteiger partial charge in [-0.3, -0.25) is 5.32 Å². The van der Waals surface area contributed by atoms with E-state index in [2.05, 4.69) is 10.3 Å². The van der Waals surface area contributed by atoms with Crippen molar-refractivity contribution in [1.82, 2.24) is 4.98 Å². The van der Waals surface area contributed by atoms with E-state index in [9.17, 15) is 4.79 Å². The topological polar surface area (TPSA) is 51.2 Å². The number of aromatic nitrogens is 1. The standard InChI is InChI=1S/C15H16N2O2/c1-2-12-8-9-16-14(10-12)17-15(18)19-11-13-6-4-3-5-7-13/h3-10H,2,11H2,1H3,(H,16,17,18). The van der Waals surface area contributed by atoms with Crippen molar-refractivity contribution < 1.29 is 9.53 Å². The molecule has 4 nitrogen and oxygen atoms in total. The minimum absolute atomic E-state index is 0.250. The average Bonchev–Trinajstić information content (AvgIpc) is 2.46. The number of anilines is 1. The molecule has 0 saturated carbocycles. The van der Waals surface area contributed by atoms with Crippen LogP contribution >= 0.6 is 0 Å². The van der Waals surface area contributed by atoms with E-state index in [1.54, 1.807) is 6.20 Å². The van der Waals surface area contributed by atoms with Crippen molar-refractivity contribution in [3.8, 4) is 0 Å². The van der Waals surface area contributed by atoms with Crippen molar-refractivity contribution in [2.24, 2.45) is 0 Å². The summed E-state index contributed by atoms with van der Waals surface area (Å²) in [6.45, 7) is 2.30. The summed E-state index contributed by atoms with van der Waals surface area (Å²) in [5.41, 5.74) is 2.07. The number of nitrogens with one attached hydrogen (secondary N) is 1. The quantitative estimate of drug-likeness (QED) is 0.912. The first kappa shape index (κ1) is 13.1. The summed E-state index contributed by atoms with van der Waals surface area (Å²) in [6.07, 6.45) is 2.08. The summed E-state index contributed by atoms with van der Waals surface area (Å²) in [7, 11) is 0. The number of ether oxygens (including phenoxy) is 1. The van der Waals surface area contributed by atoms with Gasteiger partial charge in [0.05, 0.1) is 0 Å². The molecule has 19 heavy (non-hydrogen) atoms. The number of aryl methyl sites for hydroxylation is 1. The third kappa shape index (κ3) is 4.10. The van der Waals surface area contributed by atoms with Crippen LogP contribution in [-0.2, 0) is 17.8 Å². The Hall–Kier alpha value is -2.36. The van der Waals surface area contributed by atoms with E-state index < -0.39 is 6.09 Å². The molecule has 1 aromatic carbocycles. The van der Waals surface area contributed by atoms with Crippen LogP contribution in [0.1, 0.15) is 18.1 Å². The molecule has 2 rings (SSSR count). The Morgan fingerprint density at radius 3 is 2.74 bits per heavy atom. The lowest BCUT2D eigenvalue weighted by molar-refractivity contribution is 0.155. The molecule has 98 valence electrons. The maximum atomic E-state index is 11.6. The summed E-state index contributed by atoms with van der Waals surface area (Å²) in [5.74, 6) is 0.511. The fourth-order valence-electron chi connectivity index (χ4n) is 1.63. The van der Waals surface area contributed by atoms with Gasteiger partial charge in [0.2, 0.25) is 0 Å². The normalized spacial score (nSPS) is 9.95. The van der Waals surface area contributed by atoms with Crippen LogP contribution < -0.4 is 5.32 Å². The number of hydrogen-bond donors (Lipinski definition) is 1. The molecule has 0 spiro atoms. The first-order chi connectivity index (χ1) is 9.28. The van der Waals surface area contributed by atoms with Crippen LogP contribution in [0.25, 0.3) is 0 Å². The molecular weight excluding hydrogens is 240 g/mol. The van der Waals surface area contributed by atoms with Crippen molar-refractivity contribution in [1.29, 1.82) is 0 Å². The molecule has 1 heterocycles. The zero-order valence-corrected chi connectivity index (χ0v) is 10.8. The van der Waals surface area contributed by atoms with Gasteiger partial charge in [-0.15, -0.1) is 0 Å². The Labute approximate surface area is 112 Å². The Bertz CT molecular complexity index is 541. The Morgan fingerprint density at radius 1 is 1.21 bits per heavy atom. The van der Waals surface area contributed by atoms with Crippen LogP contribution in [0.3, 0.4) is 0 Å². The fraction of sp³-hybridized carbons (Fsp3) is 0.200. The summed E-state index contributed by atoms with van der Waals surface area (Å²) in [4.78, 5) is 15.7. The van der Waals surface area contributed by atoms with Gasteiger partial charge in [0, 0.05) is 6.20 Å². The van der Waals surface area contributed by atoms with Crippen molar-refractivity contribution in [3.63, 3.8) is 0 Å². The predicted molar refractivity (Wildman–Crippen MR) is 73.9 cm³/mol. The number of pyridine rings is 1. The molecule has 0 fully saturated rings. The molecule has 0 radical (unpaired) electrons. The first-order valence-electron chi connectivity index (χ1n) is 6.20. The monoisotopic (exact) mass is 256 g/mol. The van der Waals surface area contributed by atoms with Crippen LogP contribution in [-0.4, -0.2) is 11.1 Å². The molecule has 0 saturated heterocycles. The van der Waals surface area contributed by atoms with E-state index in [1.165, 1.54) is 0 Å². The van der Waals surface area contributed by atoms with Crippen molar-refractivity contribution in [2.45, 2.75) is 20.0 Å². The predicted octanol–water partition coefficient (Wildman–Crippen LogP) is 3.39. The highest BCUT2D eigenvalue weighted by molar-refractivity contribution is 5.83. The van der Waals surface area contributed by atoms with Crippen LogP contribution in [0.15, 0.2) is 48.7 Å². The number of benzene rings is 1. The smallest absolute Gasteiger partial charge is 0.413 e. The van der Waals surface area contributed by atoms with Gasteiger partial charge in [-0.2, -0.15) is 0 Å². The Kier molecular flexibility index (Phi) is 4.50. The molecule has 0 aliphatic rings. The van der Waals surface area contributed by atoms with E-state index in [-0.39, 0.29) is 6.61 Å². The highest BCUT2D eigenvalue weighted by Gasteiger charge is 2.04. The van der Waals surface area contributed by atoms with Gasteiger partial charge >= 0.3 is 6.09 Å². The van der Waals surface area contributed by atoms with Crippen LogP contribution in [0.4, 0.5) is 10.6 Å². The zero-order chi connectivity index (χ0) is 13.5. The largest absolute Gasteiger partial charge is 0.444 e. The molecule has 0 aliphatic heterocycles. The molecule has 1 aromatic heterocycles. The first-order valence-corrected chi connectivity index (χ1v) is 6.20. The number of carbonyl (C=O) groups excluding carboxylic acids is 1. The van der Waals surface area contributed by atoms with E-state index >= 15 is 0 Å². The van der Waals surface area contributed by atoms with Gasteiger partial charge in [-0.05, 0) is 29.7 Å². The van der Waals surface area contributed by atoms with Crippen molar-refractivity contribution >= 4 is 11.9 Å². The summed E-state index contributed by atoms with van der Waals surface area (Å²) in [6, 6.07) is 13.3. The highest BCUT2D eigenvalue weighted by atomic mass is 16.5. The van der Waals surface area contributed by atoms with Gasteiger partial charge in [0.15, 0.2) is 0 Å². The maximum absolute atomic E-state index is 11.6. The molecule has 0 unspecified atom stereocenters. The molecule has 1 N–H and O–H groups in total. The Morgan fingerprint density at radius 2 is 2.00 bits per heavy atom. The van der Waals surface area contributed by atoms with E-state index in [1.807, 2.05) is 49.4 Å². The fourth-order valence-corrected chi connectivity index (χ4v) is 1.63. The van der Waals surface area contributed by atoms with Gasteiger partial charge in [0.25, 0.3) is 0 Å². The van der Waals surface area contributed by atoms with Gasteiger partial charge in [-0.25, -0.2) is 9.78 Å². The summed E-state index contributed by atoms with van der Waals surface area (Å²) < 4.78 is 5.12. The van der Waals surface area contributed by atoms with Crippen molar-refractivity contribution in [2.75, 3.05) is 5.32 Å². The SMILES string of the molecule is CCc1ccnc(NC(=O)OCc2ccccc2)c1. The lowest BCUT2D eigenvalue weighted by Crippen LogP contribution is -2.14. The van der Waals surface area contributed by atoms with Crippen LogP contribution in [0.2, 0.25) is 0 Å². The molecule has 0 aliphatic carbocycles. The summed E-state index contributed by atoms with van der Waals surface area (Å²) >= 11 is 0. The molecule has 2 aromatic rings. The number of amides is 1. The lowest BCUT2D eigenvalue weighted by Gasteiger charge is -2.07. The minimum atomic E-state index is -0.496. The maximum Gasteiger partial charge on any atom is 0.413 e. The average molecular weight is 256 g/mol. The van der Waals surface area contributed by atoms with E-state index in [0.717, 1.165) is 17.5 Å². The second-order valence-electron chi connectivity index (χ2n) is 4.09. The van der Waals surface area contributed by atoms with Gasteiger partial charge in [-0.1, -0.05) is 37.3 Å². The number of hydrogen-bond acceptors (Lipinski definition) is 3. The minimum Gasteiger partial charge on any atom is -0.444 e. The second-order valence-corrected chi connectivity index (χ2v) is 4.09. The summed E-state index contributed by atoms with van der Waals surface area (Å²) in [5, 5.41) is 2.61. The molecular formula is C15H16N2O2. The Balaban J connectivity index is 1.87.